The number of halogens is 2. The molecule has 156 valence electrons. The van der Waals surface area contributed by atoms with Crippen molar-refractivity contribution in [2.75, 3.05) is 43.4 Å². The normalized spacial score (nSPS) is 15.3. The third-order valence-corrected chi connectivity index (χ3v) is 7.25. The zero-order chi connectivity index (χ0) is 20.9. The van der Waals surface area contributed by atoms with E-state index in [0.717, 1.165) is 5.82 Å². The van der Waals surface area contributed by atoms with Crippen LogP contribution in [0, 0.1) is 0 Å². The highest BCUT2D eigenvalue weighted by molar-refractivity contribution is 7.89. The average Bonchev–Trinajstić information content (AvgIpc) is 2.71. The minimum atomic E-state index is -3.44. The van der Waals surface area contributed by atoms with Crippen LogP contribution in [0.3, 0.4) is 0 Å². The van der Waals surface area contributed by atoms with E-state index >= 15 is 0 Å². The number of nitrogens with one attached hydrogen (secondary N) is 1. The molecule has 1 N–H and O–H groups in total. The van der Waals surface area contributed by atoms with Gasteiger partial charge in [0.05, 0.1) is 22.2 Å². The van der Waals surface area contributed by atoms with E-state index < -0.39 is 10.0 Å². The molecule has 0 spiro atoms. The highest BCUT2D eigenvalue weighted by Gasteiger charge is 2.27. The molecule has 1 aliphatic rings. The summed E-state index contributed by atoms with van der Waals surface area (Å²) in [6.45, 7) is 2.02. The molecule has 0 atom stereocenters. The van der Waals surface area contributed by atoms with Gasteiger partial charge in [-0.25, -0.2) is 13.4 Å². The van der Waals surface area contributed by atoms with Crippen LogP contribution in [0.1, 0.15) is 5.56 Å². The van der Waals surface area contributed by atoms with E-state index in [2.05, 4.69) is 15.2 Å². The monoisotopic (exact) mass is 456 g/mol. The molecule has 1 saturated heterocycles. The van der Waals surface area contributed by atoms with Crippen molar-refractivity contribution in [1.82, 2.24) is 14.6 Å². The van der Waals surface area contributed by atoms with Gasteiger partial charge in [-0.1, -0.05) is 35.3 Å². The molecule has 1 aromatic carbocycles. The summed E-state index contributed by atoms with van der Waals surface area (Å²) in [5.41, 5.74) is 0.713. The predicted octanol–water partition coefficient (Wildman–Crippen LogP) is 2.20. The van der Waals surface area contributed by atoms with Crippen molar-refractivity contribution < 1.29 is 13.2 Å². The number of aromatic nitrogens is 1. The molecule has 7 nitrogen and oxygen atoms in total. The van der Waals surface area contributed by atoms with Crippen LogP contribution in [0.15, 0.2) is 42.6 Å². The summed E-state index contributed by atoms with van der Waals surface area (Å²) in [6, 6.07) is 10.6. The molecule has 0 saturated carbocycles. The van der Waals surface area contributed by atoms with Gasteiger partial charge in [-0.3, -0.25) is 4.79 Å². The Morgan fingerprint density at radius 1 is 1.07 bits per heavy atom. The van der Waals surface area contributed by atoms with Gasteiger partial charge in [0, 0.05) is 38.9 Å². The molecule has 1 aliphatic heterocycles. The van der Waals surface area contributed by atoms with E-state index in [-0.39, 0.29) is 24.6 Å². The number of benzene rings is 1. The highest BCUT2D eigenvalue weighted by Crippen LogP contribution is 2.22. The van der Waals surface area contributed by atoms with E-state index in [9.17, 15) is 13.2 Å². The zero-order valence-electron chi connectivity index (χ0n) is 15.7. The number of piperazine rings is 1. The van der Waals surface area contributed by atoms with Gasteiger partial charge >= 0.3 is 0 Å². The van der Waals surface area contributed by atoms with Crippen molar-refractivity contribution in [3.8, 4) is 0 Å². The van der Waals surface area contributed by atoms with Crippen molar-refractivity contribution in [1.29, 1.82) is 0 Å². The van der Waals surface area contributed by atoms with Crippen LogP contribution in [0.25, 0.3) is 0 Å². The largest absolute Gasteiger partial charge is 0.355 e. The van der Waals surface area contributed by atoms with Gasteiger partial charge in [-0.2, -0.15) is 4.31 Å². The van der Waals surface area contributed by atoms with Gasteiger partial charge in [0.1, 0.15) is 5.82 Å². The molecule has 0 radical (unpaired) electrons. The second-order valence-electron chi connectivity index (χ2n) is 6.67. The number of nitrogens with zero attached hydrogens (tertiary/aromatic N) is 3. The Morgan fingerprint density at radius 2 is 1.83 bits per heavy atom. The van der Waals surface area contributed by atoms with Gasteiger partial charge in [0.2, 0.25) is 15.9 Å². The number of hydrogen-bond donors (Lipinski definition) is 1. The first-order valence-corrected chi connectivity index (χ1v) is 11.6. The molecule has 0 bridgehead atoms. The zero-order valence-corrected chi connectivity index (χ0v) is 18.1. The van der Waals surface area contributed by atoms with Crippen LogP contribution < -0.4 is 10.2 Å². The van der Waals surface area contributed by atoms with Gasteiger partial charge in [-0.05, 0) is 29.8 Å². The third kappa shape index (κ3) is 6.05. The number of hydrogen-bond acceptors (Lipinski definition) is 5. The van der Waals surface area contributed by atoms with Crippen LogP contribution in [-0.2, 0) is 21.2 Å². The molecule has 1 aromatic heterocycles. The average molecular weight is 457 g/mol. The number of carbonyl (C=O) groups is 1. The maximum absolute atomic E-state index is 12.6. The molecule has 10 heteroatoms. The molecule has 3 rings (SSSR count). The number of anilines is 1. The summed E-state index contributed by atoms with van der Waals surface area (Å²) in [5.74, 6) is 0.446. The highest BCUT2D eigenvalue weighted by atomic mass is 35.5. The molecular formula is C19H22Cl2N4O3S. The topological polar surface area (TPSA) is 82.6 Å². The number of amides is 1. The Balaban J connectivity index is 1.44. The van der Waals surface area contributed by atoms with Crippen LogP contribution in [0.5, 0.6) is 0 Å². The Labute approximate surface area is 180 Å². The molecule has 1 amide bonds. The van der Waals surface area contributed by atoms with Crippen molar-refractivity contribution in [3.63, 3.8) is 0 Å². The number of rotatable bonds is 7. The van der Waals surface area contributed by atoms with Gasteiger partial charge in [0.15, 0.2) is 0 Å². The van der Waals surface area contributed by atoms with E-state index in [1.165, 1.54) is 4.31 Å². The fraction of sp³-hybridized carbons (Fsp3) is 0.368. The Morgan fingerprint density at radius 3 is 2.48 bits per heavy atom. The molecule has 29 heavy (non-hydrogen) atoms. The van der Waals surface area contributed by atoms with Crippen molar-refractivity contribution in [2.24, 2.45) is 0 Å². The van der Waals surface area contributed by atoms with Gasteiger partial charge in [0.25, 0.3) is 0 Å². The summed E-state index contributed by atoms with van der Waals surface area (Å²) in [7, 11) is -3.44. The second kappa shape index (κ2) is 9.75. The standard InChI is InChI=1S/C19H22Cl2N4O3S/c20-16-5-4-15(13-17(16)21)14-19(26)23-7-12-29(27,28)25-10-8-24(9-11-25)18-3-1-2-6-22-18/h1-6,13H,7-12,14H2,(H,23,26). The fourth-order valence-corrected chi connectivity index (χ4v) is 4.74. The maximum atomic E-state index is 12.6. The molecule has 0 unspecified atom stereocenters. The summed E-state index contributed by atoms with van der Waals surface area (Å²) in [6.07, 6.45) is 1.83. The first-order valence-electron chi connectivity index (χ1n) is 9.19. The molecular weight excluding hydrogens is 435 g/mol. The number of carbonyl (C=O) groups excluding carboxylic acids is 1. The van der Waals surface area contributed by atoms with E-state index in [4.69, 9.17) is 23.2 Å². The quantitative estimate of drug-likeness (QED) is 0.690. The lowest BCUT2D eigenvalue weighted by molar-refractivity contribution is -0.120. The van der Waals surface area contributed by atoms with Crippen molar-refractivity contribution in [3.05, 3.63) is 58.2 Å². The lowest BCUT2D eigenvalue weighted by atomic mass is 10.1. The summed E-state index contributed by atoms with van der Waals surface area (Å²) in [5, 5.41) is 3.45. The van der Waals surface area contributed by atoms with Crippen LogP contribution in [-0.4, -0.2) is 62.1 Å². The van der Waals surface area contributed by atoms with Crippen LogP contribution >= 0.6 is 23.2 Å². The minimum Gasteiger partial charge on any atom is -0.355 e. The molecule has 2 heterocycles. The van der Waals surface area contributed by atoms with E-state index in [0.29, 0.717) is 41.8 Å². The number of sulfonamides is 1. The Bertz CT molecular complexity index is 949. The lowest BCUT2D eigenvalue weighted by Crippen LogP contribution is -2.50. The second-order valence-corrected chi connectivity index (χ2v) is 9.57. The maximum Gasteiger partial charge on any atom is 0.224 e. The van der Waals surface area contributed by atoms with E-state index in [1.807, 2.05) is 18.2 Å². The van der Waals surface area contributed by atoms with Crippen LogP contribution in [0.4, 0.5) is 5.82 Å². The van der Waals surface area contributed by atoms with E-state index in [1.54, 1.807) is 24.4 Å². The van der Waals surface area contributed by atoms with Crippen molar-refractivity contribution in [2.45, 2.75) is 6.42 Å². The first-order chi connectivity index (χ1) is 13.8. The molecule has 0 aliphatic carbocycles. The minimum absolute atomic E-state index is 0.0585. The Kier molecular flexibility index (Phi) is 7.34. The summed E-state index contributed by atoms with van der Waals surface area (Å²) in [4.78, 5) is 18.4. The summed E-state index contributed by atoms with van der Waals surface area (Å²) >= 11 is 11.8. The fourth-order valence-electron chi connectivity index (χ4n) is 3.08. The van der Waals surface area contributed by atoms with Crippen molar-refractivity contribution >= 4 is 45.0 Å². The predicted molar refractivity (Wildman–Crippen MR) is 115 cm³/mol. The third-order valence-electron chi connectivity index (χ3n) is 4.64. The Hall–Kier alpha value is -1.87. The SMILES string of the molecule is O=C(Cc1ccc(Cl)c(Cl)c1)NCCS(=O)(=O)N1CCN(c2ccccn2)CC1. The smallest absolute Gasteiger partial charge is 0.224 e. The molecule has 1 fully saturated rings. The summed E-state index contributed by atoms with van der Waals surface area (Å²) < 4.78 is 26.6. The lowest BCUT2D eigenvalue weighted by Gasteiger charge is -2.34. The first kappa shape index (κ1) is 21.8. The van der Waals surface area contributed by atoms with Gasteiger partial charge < -0.3 is 10.2 Å². The molecule has 2 aromatic rings. The number of pyridine rings is 1. The van der Waals surface area contributed by atoms with Gasteiger partial charge in [-0.15, -0.1) is 0 Å². The van der Waals surface area contributed by atoms with Crippen LogP contribution in [0.2, 0.25) is 10.0 Å².